The number of H-pyrrole nitrogens is 2. The zero-order valence-corrected chi connectivity index (χ0v) is 26.8. The first kappa shape index (κ1) is 34.1. The number of carbonyl (C=O) groups is 4. The van der Waals surface area contributed by atoms with Gasteiger partial charge in [-0.2, -0.15) is 0 Å². The molecule has 2 aliphatic heterocycles. The number of aromatic nitrogens is 2. The van der Waals surface area contributed by atoms with Crippen molar-refractivity contribution in [3.8, 4) is 0 Å². The Bertz CT molecular complexity index is 1710. The van der Waals surface area contributed by atoms with Gasteiger partial charge in [-0.05, 0) is 80.5 Å². The van der Waals surface area contributed by atoms with Crippen molar-refractivity contribution in [1.82, 2.24) is 20.6 Å². The SMILES string of the molecule is C=CC1=C(C)/C(=C/c2[nH]c(Cc3[nH]c(/C=C4\NC(=O)C(C)=C4C=C)c(C)c3CCC(=O)O)c(CCC(=O)O)c2C)NC1=O.[Ti]. The van der Waals surface area contributed by atoms with E-state index in [0.717, 1.165) is 50.6 Å². The Kier molecular flexibility index (Phi) is 10.8. The predicted molar refractivity (Wildman–Crippen MR) is 164 cm³/mol. The van der Waals surface area contributed by atoms with Crippen LogP contribution in [0.5, 0.6) is 0 Å². The zero-order valence-electron chi connectivity index (χ0n) is 25.3. The normalized spacial score (nSPS) is 16.5. The molecule has 0 radical (unpaired) electrons. The number of hydrogen-bond acceptors (Lipinski definition) is 4. The molecule has 0 saturated heterocycles. The van der Waals surface area contributed by atoms with Crippen LogP contribution in [0.1, 0.15) is 71.7 Å². The molecular weight excluding hydrogens is 596 g/mol. The van der Waals surface area contributed by atoms with Crippen molar-refractivity contribution < 1.29 is 51.1 Å². The van der Waals surface area contributed by atoms with Crippen molar-refractivity contribution >= 4 is 35.9 Å². The second-order valence-corrected chi connectivity index (χ2v) is 10.7. The molecule has 0 spiro atoms. The molecule has 0 unspecified atom stereocenters. The standard InChI is InChI=1S/C33H36N4O6.Ti/c1-7-20-19(6)32(42)37-27(20)14-25-18(5)23(10-12-31(40)41)29(35-25)15-28-22(9-11-30(38)39)17(4)24(34-28)13-26-16(3)21(8-2)33(43)36-26;/h7-8,13-14,34-35H,1-2,9-12,15H2,3-6H3,(H,36,43)(H,37,42)(H,38,39)(H,40,41);/b26-13-,27-14-;. The first-order valence-electron chi connectivity index (χ1n) is 13.9. The van der Waals surface area contributed by atoms with Crippen LogP contribution in [-0.4, -0.2) is 43.9 Å². The fourth-order valence-electron chi connectivity index (χ4n) is 5.61. The van der Waals surface area contributed by atoms with E-state index in [0.29, 0.717) is 34.5 Å². The van der Waals surface area contributed by atoms with Gasteiger partial charge in [0, 0.05) is 86.2 Å². The molecule has 11 heteroatoms. The number of aromatic amines is 2. The summed E-state index contributed by atoms with van der Waals surface area (Å²) < 4.78 is 0. The predicted octanol–water partition coefficient (Wildman–Crippen LogP) is 4.53. The van der Waals surface area contributed by atoms with E-state index in [1.54, 1.807) is 13.0 Å². The van der Waals surface area contributed by atoms with Crippen molar-refractivity contribution in [2.45, 2.75) is 59.8 Å². The maximum absolute atomic E-state index is 12.3. The van der Waals surface area contributed by atoms with Gasteiger partial charge >= 0.3 is 11.9 Å². The molecule has 0 atom stereocenters. The number of carbonyl (C=O) groups excluding carboxylic acids is 2. The van der Waals surface area contributed by atoms with E-state index in [2.05, 4.69) is 33.8 Å². The molecule has 6 N–H and O–H groups in total. The molecule has 2 aliphatic rings. The topological polar surface area (TPSA) is 164 Å². The fourth-order valence-corrected chi connectivity index (χ4v) is 5.61. The largest absolute Gasteiger partial charge is 0.481 e. The van der Waals surface area contributed by atoms with Gasteiger partial charge in [-0.3, -0.25) is 19.2 Å². The molecule has 2 amide bonds. The summed E-state index contributed by atoms with van der Waals surface area (Å²) in [5.41, 5.74) is 10.2. The van der Waals surface area contributed by atoms with E-state index in [1.807, 2.05) is 32.9 Å². The molecule has 0 aromatic carbocycles. The van der Waals surface area contributed by atoms with E-state index < -0.39 is 11.9 Å². The maximum Gasteiger partial charge on any atom is 0.303 e. The minimum atomic E-state index is -0.922. The van der Waals surface area contributed by atoms with E-state index in [9.17, 15) is 29.4 Å². The van der Waals surface area contributed by atoms with Gasteiger partial charge in [0.15, 0.2) is 0 Å². The summed E-state index contributed by atoms with van der Waals surface area (Å²) in [5.74, 6) is -2.28. The van der Waals surface area contributed by atoms with Crippen molar-refractivity contribution in [2.24, 2.45) is 0 Å². The van der Waals surface area contributed by atoms with Crippen LogP contribution in [0.2, 0.25) is 0 Å². The van der Waals surface area contributed by atoms with E-state index in [-0.39, 0.29) is 59.2 Å². The Morgan fingerprint density at radius 1 is 0.705 bits per heavy atom. The average Bonchev–Trinajstić information content (AvgIpc) is 3.59. The molecular formula is C33H36N4O6Ti. The molecule has 2 aromatic rings. The second-order valence-electron chi connectivity index (χ2n) is 10.7. The minimum absolute atomic E-state index is 0. The van der Waals surface area contributed by atoms with Crippen LogP contribution < -0.4 is 10.6 Å². The van der Waals surface area contributed by atoms with Gasteiger partial charge in [0.1, 0.15) is 0 Å². The summed E-state index contributed by atoms with van der Waals surface area (Å²) in [6, 6.07) is 0. The number of aliphatic carboxylic acids is 2. The summed E-state index contributed by atoms with van der Waals surface area (Å²) >= 11 is 0. The molecule has 0 aliphatic carbocycles. The van der Waals surface area contributed by atoms with Gasteiger partial charge in [0.25, 0.3) is 11.8 Å². The number of carboxylic acids is 2. The average molecular weight is 633 g/mol. The van der Waals surface area contributed by atoms with Crippen LogP contribution >= 0.6 is 0 Å². The Morgan fingerprint density at radius 2 is 1.16 bits per heavy atom. The van der Waals surface area contributed by atoms with Crippen LogP contribution in [0, 0.1) is 13.8 Å². The van der Waals surface area contributed by atoms with Crippen LogP contribution in [0.3, 0.4) is 0 Å². The second kappa shape index (κ2) is 13.9. The first-order chi connectivity index (χ1) is 20.4. The number of nitrogens with one attached hydrogen (secondary N) is 4. The number of hydrogen-bond donors (Lipinski definition) is 6. The Morgan fingerprint density at radius 3 is 1.59 bits per heavy atom. The first-order valence-corrected chi connectivity index (χ1v) is 13.9. The molecule has 0 saturated carbocycles. The minimum Gasteiger partial charge on any atom is -0.481 e. The van der Waals surface area contributed by atoms with E-state index >= 15 is 0 Å². The van der Waals surface area contributed by atoms with Gasteiger partial charge in [-0.15, -0.1) is 0 Å². The number of amides is 2. The van der Waals surface area contributed by atoms with E-state index in [4.69, 9.17) is 0 Å². The molecule has 4 heterocycles. The van der Waals surface area contributed by atoms with Crippen LogP contribution in [0.25, 0.3) is 12.2 Å². The fraction of sp³-hybridized carbons (Fsp3) is 0.273. The summed E-state index contributed by atoms with van der Waals surface area (Å²) in [6.07, 6.45) is 7.58. The van der Waals surface area contributed by atoms with Crippen molar-refractivity contribution in [3.05, 3.63) is 104 Å². The molecule has 10 nitrogen and oxygen atoms in total. The third-order valence-electron chi connectivity index (χ3n) is 8.11. The summed E-state index contributed by atoms with van der Waals surface area (Å²) in [7, 11) is 0. The molecule has 2 aromatic heterocycles. The molecule has 228 valence electrons. The maximum atomic E-state index is 12.3. The Balaban J connectivity index is 0.00000529. The third-order valence-corrected chi connectivity index (χ3v) is 8.11. The molecule has 4 rings (SSSR count). The molecule has 0 bridgehead atoms. The van der Waals surface area contributed by atoms with Crippen molar-refractivity contribution in [1.29, 1.82) is 0 Å². The Hall–Kier alpha value is -4.41. The van der Waals surface area contributed by atoms with Gasteiger partial charge in [0.2, 0.25) is 0 Å². The van der Waals surface area contributed by atoms with Gasteiger partial charge in [0.05, 0.1) is 5.70 Å². The smallest absolute Gasteiger partial charge is 0.303 e. The van der Waals surface area contributed by atoms with Crippen molar-refractivity contribution in [2.75, 3.05) is 0 Å². The summed E-state index contributed by atoms with van der Waals surface area (Å²) in [6.45, 7) is 14.9. The van der Waals surface area contributed by atoms with Gasteiger partial charge < -0.3 is 30.8 Å². The van der Waals surface area contributed by atoms with Gasteiger partial charge in [-0.1, -0.05) is 25.3 Å². The third kappa shape index (κ3) is 6.87. The molecule has 44 heavy (non-hydrogen) atoms. The van der Waals surface area contributed by atoms with Gasteiger partial charge in [-0.25, -0.2) is 0 Å². The van der Waals surface area contributed by atoms with Crippen LogP contribution in [0.4, 0.5) is 0 Å². The van der Waals surface area contributed by atoms with Crippen LogP contribution in [0.15, 0.2) is 59.0 Å². The number of carboxylic acid groups (broad SMARTS) is 2. The zero-order chi connectivity index (χ0) is 31.6. The summed E-state index contributed by atoms with van der Waals surface area (Å²) in [4.78, 5) is 54.5. The monoisotopic (exact) mass is 632 g/mol. The van der Waals surface area contributed by atoms with E-state index in [1.165, 1.54) is 6.08 Å². The van der Waals surface area contributed by atoms with Crippen molar-refractivity contribution in [3.63, 3.8) is 0 Å². The Labute approximate surface area is 270 Å². The number of allylic oxidation sites excluding steroid dienone is 2. The molecule has 0 fully saturated rings. The number of rotatable bonds is 12. The van der Waals surface area contributed by atoms with Crippen LogP contribution in [-0.2, 0) is 60.2 Å². The quantitative estimate of drug-likeness (QED) is 0.188. The summed E-state index contributed by atoms with van der Waals surface area (Å²) in [5, 5.41) is 24.6.